The van der Waals surface area contributed by atoms with Crippen LogP contribution in [0.1, 0.15) is 31.9 Å². The van der Waals surface area contributed by atoms with Gasteiger partial charge in [0.05, 0.1) is 11.9 Å². The van der Waals surface area contributed by atoms with Crippen LogP contribution in [-0.4, -0.2) is 14.5 Å². The Bertz CT molecular complexity index is 858. The van der Waals surface area contributed by atoms with Crippen LogP contribution in [0.3, 0.4) is 0 Å². The smallest absolute Gasteiger partial charge is 0.263 e. The highest BCUT2D eigenvalue weighted by Gasteiger charge is 2.13. The summed E-state index contributed by atoms with van der Waals surface area (Å²) in [5.74, 6) is 0. The van der Waals surface area contributed by atoms with Gasteiger partial charge in [-0.15, -0.1) is 0 Å². The Morgan fingerprint density at radius 3 is 2.45 bits per heavy atom. The molecule has 22 heavy (non-hydrogen) atoms. The van der Waals surface area contributed by atoms with E-state index in [9.17, 15) is 4.79 Å². The molecule has 2 aromatic heterocycles. The second-order valence-electron chi connectivity index (χ2n) is 6.50. The average molecular weight is 293 g/mol. The fraction of sp³-hybridized carbons (Fsp3) is 0.278. The number of benzene rings is 1. The average Bonchev–Trinajstić information content (AvgIpc) is 2.50. The zero-order chi connectivity index (χ0) is 15.7. The maximum absolute atomic E-state index is 12.4. The van der Waals surface area contributed by atoms with Crippen LogP contribution in [0, 0.1) is 0 Å². The van der Waals surface area contributed by atoms with Crippen molar-refractivity contribution in [3.63, 3.8) is 0 Å². The van der Waals surface area contributed by atoms with Crippen molar-refractivity contribution in [1.29, 1.82) is 0 Å². The summed E-state index contributed by atoms with van der Waals surface area (Å²) < 4.78 is 1.62. The molecule has 112 valence electrons. The molecule has 0 fully saturated rings. The first-order valence-electron chi connectivity index (χ1n) is 7.35. The SMILES string of the molecule is CC(C)(C)c1ccc(Cn2cnc3ncccc3c2=O)cc1. The Morgan fingerprint density at radius 2 is 1.77 bits per heavy atom. The molecule has 0 amide bonds. The van der Waals surface area contributed by atoms with Crippen molar-refractivity contribution >= 4 is 11.0 Å². The largest absolute Gasteiger partial charge is 0.294 e. The fourth-order valence-corrected chi connectivity index (χ4v) is 2.42. The van der Waals surface area contributed by atoms with Crippen molar-refractivity contribution in [2.24, 2.45) is 0 Å². The minimum atomic E-state index is -0.0574. The normalized spacial score (nSPS) is 11.8. The Morgan fingerprint density at radius 1 is 1.05 bits per heavy atom. The highest BCUT2D eigenvalue weighted by Crippen LogP contribution is 2.22. The monoisotopic (exact) mass is 293 g/mol. The summed E-state index contributed by atoms with van der Waals surface area (Å²) in [6.07, 6.45) is 3.21. The standard InChI is InChI=1S/C18H19N3O/c1-18(2,3)14-8-6-13(7-9-14)11-21-12-20-16-15(17(21)22)5-4-10-19-16/h4-10,12H,11H2,1-3H3. The number of pyridine rings is 1. The zero-order valence-electron chi connectivity index (χ0n) is 13.1. The second kappa shape index (κ2) is 5.37. The van der Waals surface area contributed by atoms with Gasteiger partial charge >= 0.3 is 0 Å². The van der Waals surface area contributed by atoms with Crippen molar-refractivity contribution in [2.75, 3.05) is 0 Å². The first kappa shape index (κ1) is 14.4. The summed E-state index contributed by atoms with van der Waals surface area (Å²) in [5, 5.41) is 0.552. The van der Waals surface area contributed by atoms with Gasteiger partial charge in [0.15, 0.2) is 5.65 Å². The molecule has 0 N–H and O–H groups in total. The van der Waals surface area contributed by atoms with Crippen LogP contribution in [0.5, 0.6) is 0 Å². The van der Waals surface area contributed by atoms with E-state index in [-0.39, 0.29) is 11.0 Å². The van der Waals surface area contributed by atoms with Crippen molar-refractivity contribution in [2.45, 2.75) is 32.7 Å². The van der Waals surface area contributed by atoms with Crippen LogP contribution in [0.2, 0.25) is 0 Å². The quantitative estimate of drug-likeness (QED) is 0.729. The Kier molecular flexibility index (Phi) is 3.53. The Balaban J connectivity index is 1.93. The number of rotatable bonds is 2. The molecule has 0 unspecified atom stereocenters. The molecule has 0 bridgehead atoms. The van der Waals surface area contributed by atoms with Crippen LogP contribution in [0.15, 0.2) is 53.7 Å². The van der Waals surface area contributed by atoms with Crippen LogP contribution >= 0.6 is 0 Å². The summed E-state index contributed by atoms with van der Waals surface area (Å²) in [5.41, 5.74) is 2.93. The molecule has 1 aromatic carbocycles. The third kappa shape index (κ3) is 2.77. The van der Waals surface area contributed by atoms with Gasteiger partial charge in [0.2, 0.25) is 0 Å². The van der Waals surface area contributed by atoms with E-state index in [0.29, 0.717) is 17.6 Å². The van der Waals surface area contributed by atoms with E-state index in [2.05, 4.69) is 55.0 Å². The Labute approximate surface area is 129 Å². The highest BCUT2D eigenvalue weighted by atomic mass is 16.1. The van der Waals surface area contributed by atoms with Crippen molar-refractivity contribution in [3.8, 4) is 0 Å². The lowest BCUT2D eigenvalue weighted by Crippen LogP contribution is -2.21. The molecule has 3 aromatic rings. The number of fused-ring (bicyclic) bond motifs is 1. The van der Waals surface area contributed by atoms with Gasteiger partial charge in [-0.2, -0.15) is 0 Å². The van der Waals surface area contributed by atoms with Gasteiger partial charge in [0, 0.05) is 6.20 Å². The third-order valence-electron chi connectivity index (χ3n) is 3.77. The summed E-state index contributed by atoms with van der Waals surface area (Å²) in [4.78, 5) is 20.8. The van der Waals surface area contributed by atoms with E-state index < -0.39 is 0 Å². The van der Waals surface area contributed by atoms with Crippen LogP contribution in [0.25, 0.3) is 11.0 Å². The molecule has 3 rings (SSSR count). The molecule has 0 atom stereocenters. The summed E-state index contributed by atoms with van der Waals surface area (Å²) >= 11 is 0. The predicted octanol–water partition coefficient (Wildman–Crippen LogP) is 3.14. The fourth-order valence-electron chi connectivity index (χ4n) is 2.42. The molecule has 4 nitrogen and oxygen atoms in total. The van der Waals surface area contributed by atoms with E-state index >= 15 is 0 Å². The van der Waals surface area contributed by atoms with Crippen molar-refractivity contribution < 1.29 is 0 Å². The molecule has 0 radical (unpaired) electrons. The predicted molar refractivity (Wildman–Crippen MR) is 88.0 cm³/mol. The molecule has 0 aliphatic heterocycles. The number of nitrogens with zero attached hydrogens (tertiary/aromatic N) is 3. The van der Waals surface area contributed by atoms with Crippen molar-refractivity contribution in [1.82, 2.24) is 14.5 Å². The highest BCUT2D eigenvalue weighted by molar-refractivity contribution is 5.72. The topological polar surface area (TPSA) is 47.8 Å². The summed E-state index contributed by atoms with van der Waals surface area (Å²) in [6.45, 7) is 7.08. The lowest BCUT2D eigenvalue weighted by Gasteiger charge is -2.19. The lowest BCUT2D eigenvalue weighted by molar-refractivity contribution is 0.589. The van der Waals surface area contributed by atoms with E-state index in [1.807, 2.05) is 0 Å². The molecular weight excluding hydrogens is 274 g/mol. The number of hydrogen-bond donors (Lipinski definition) is 0. The zero-order valence-corrected chi connectivity index (χ0v) is 13.1. The minimum Gasteiger partial charge on any atom is -0.294 e. The maximum atomic E-state index is 12.4. The molecule has 0 saturated carbocycles. The van der Waals surface area contributed by atoms with Gasteiger partial charge in [-0.1, -0.05) is 45.0 Å². The third-order valence-corrected chi connectivity index (χ3v) is 3.77. The van der Waals surface area contributed by atoms with Gasteiger partial charge in [-0.3, -0.25) is 9.36 Å². The van der Waals surface area contributed by atoms with E-state index in [0.717, 1.165) is 5.56 Å². The van der Waals surface area contributed by atoms with Gasteiger partial charge < -0.3 is 0 Å². The van der Waals surface area contributed by atoms with Crippen LogP contribution in [0.4, 0.5) is 0 Å². The summed E-state index contributed by atoms with van der Waals surface area (Å²) in [6, 6.07) is 11.9. The van der Waals surface area contributed by atoms with Gasteiger partial charge in [0.1, 0.15) is 6.33 Å². The summed E-state index contributed by atoms with van der Waals surface area (Å²) in [7, 11) is 0. The van der Waals surface area contributed by atoms with E-state index in [4.69, 9.17) is 0 Å². The lowest BCUT2D eigenvalue weighted by atomic mass is 9.87. The molecule has 0 spiro atoms. The number of hydrogen-bond acceptors (Lipinski definition) is 3. The van der Waals surface area contributed by atoms with Crippen molar-refractivity contribution in [3.05, 3.63) is 70.4 Å². The van der Waals surface area contributed by atoms with E-state index in [1.54, 1.807) is 29.2 Å². The van der Waals surface area contributed by atoms with Gasteiger partial charge in [-0.05, 0) is 28.7 Å². The van der Waals surface area contributed by atoms with E-state index in [1.165, 1.54) is 5.56 Å². The minimum absolute atomic E-state index is 0.0574. The van der Waals surface area contributed by atoms with Gasteiger partial charge in [0.25, 0.3) is 5.56 Å². The first-order chi connectivity index (χ1) is 10.4. The first-order valence-corrected chi connectivity index (χ1v) is 7.35. The van der Waals surface area contributed by atoms with Gasteiger partial charge in [-0.25, -0.2) is 9.97 Å². The molecule has 0 aliphatic rings. The maximum Gasteiger partial charge on any atom is 0.263 e. The molecule has 4 heteroatoms. The van der Waals surface area contributed by atoms with Crippen LogP contribution < -0.4 is 5.56 Å². The molecule has 2 heterocycles. The molecule has 0 aliphatic carbocycles. The molecule has 0 saturated heterocycles. The second-order valence-corrected chi connectivity index (χ2v) is 6.50. The van der Waals surface area contributed by atoms with Crippen LogP contribution in [-0.2, 0) is 12.0 Å². The number of aromatic nitrogens is 3. The Hall–Kier alpha value is -2.49. The molecular formula is C18H19N3O.